The fourth-order valence-corrected chi connectivity index (χ4v) is 2.71. The number of pyridine rings is 1. The van der Waals surface area contributed by atoms with Crippen molar-refractivity contribution < 1.29 is 10.0 Å². The first-order chi connectivity index (χ1) is 10.8. The van der Waals surface area contributed by atoms with E-state index in [0.717, 1.165) is 6.54 Å². The Morgan fingerprint density at radius 1 is 0.955 bits per heavy atom. The lowest BCUT2D eigenvalue weighted by molar-refractivity contribution is 0.221. The van der Waals surface area contributed by atoms with Crippen LogP contribution in [0.15, 0.2) is 48.8 Å². The zero-order valence-electron chi connectivity index (χ0n) is 12.7. The molecule has 0 amide bonds. The van der Waals surface area contributed by atoms with Crippen LogP contribution in [0.2, 0.25) is 0 Å². The summed E-state index contributed by atoms with van der Waals surface area (Å²) in [6, 6.07) is 13.0. The van der Waals surface area contributed by atoms with Crippen LogP contribution in [-0.2, 0) is 6.54 Å². The Balaban J connectivity index is 0.000000545. The summed E-state index contributed by atoms with van der Waals surface area (Å²) in [5.41, 5.74) is 3.84. The number of rotatable bonds is 3. The standard InChI is InChI=1S/C17H20N2.BH2O2/c1-2-11-19(12-3-1)14-15-6-8-16(9-7-15)17-5-4-10-18-13-17;2-1-3/h4-10,13H,1-3,11-12,14H2;2-3H. The first-order valence-corrected chi connectivity index (χ1v) is 7.65. The lowest BCUT2D eigenvalue weighted by Crippen LogP contribution is -2.28. The minimum Gasteiger partial charge on any atom is -0.429 e. The number of piperidine rings is 1. The van der Waals surface area contributed by atoms with Crippen LogP contribution >= 0.6 is 0 Å². The number of aromatic nitrogens is 1. The smallest absolute Gasteiger partial charge is 0.429 e. The molecule has 0 unspecified atom stereocenters. The molecule has 0 atom stereocenters. The zero-order chi connectivity index (χ0) is 15.6. The second-order valence-corrected chi connectivity index (χ2v) is 5.39. The molecule has 3 rings (SSSR count). The maximum absolute atomic E-state index is 7.00. The highest BCUT2D eigenvalue weighted by Gasteiger charge is 2.10. The van der Waals surface area contributed by atoms with E-state index < -0.39 is 0 Å². The van der Waals surface area contributed by atoms with Crippen LogP contribution in [0.5, 0.6) is 0 Å². The van der Waals surface area contributed by atoms with E-state index in [1.807, 2.05) is 18.5 Å². The fraction of sp³-hybridized carbons (Fsp3) is 0.353. The molecule has 0 saturated carbocycles. The Hall–Kier alpha value is -1.69. The molecule has 0 bridgehead atoms. The van der Waals surface area contributed by atoms with Crippen LogP contribution in [-0.4, -0.2) is 40.7 Å². The van der Waals surface area contributed by atoms with Gasteiger partial charge in [-0.15, -0.1) is 0 Å². The van der Waals surface area contributed by atoms with Crippen molar-refractivity contribution in [1.29, 1.82) is 0 Å². The second-order valence-electron chi connectivity index (χ2n) is 5.39. The Labute approximate surface area is 132 Å². The van der Waals surface area contributed by atoms with Crippen LogP contribution in [0.1, 0.15) is 24.8 Å². The lowest BCUT2D eigenvalue weighted by Gasteiger charge is -2.26. The molecule has 4 nitrogen and oxygen atoms in total. The molecule has 0 aliphatic carbocycles. The molecule has 1 fully saturated rings. The molecule has 2 heterocycles. The van der Waals surface area contributed by atoms with Crippen molar-refractivity contribution in [3.63, 3.8) is 0 Å². The van der Waals surface area contributed by atoms with Crippen molar-refractivity contribution in [3.8, 4) is 11.1 Å². The highest BCUT2D eigenvalue weighted by atomic mass is 16.4. The number of likely N-dealkylation sites (tertiary alicyclic amines) is 1. The predicted octanol–water partition coefficient (Wildman–Crippen LogP) is 2.24. The third-order valence-electron chi connectivity index (χ3n) is 3.80. The lowest BCUT2D eigenvalue weighted by atomic mass is 10.0. The minimum absolute atomic E-state index is 0. The molecule has 115 valence electrons. The van der Waals surface area contributed by atoms with Crippen molar-refractivity contribution in [3.05, 3.63) is 54.4 Å². The van der Waals surface area contributed by atoms with E-state index in [-0.39, 0.29) is 7.69 Å². The first kappa shape index (κ1) is 16.7. The predicted molar refractivity (Wildman–Crippen MR) is 89.0 cm³/mol. The monoisotopic (exact) mass is 297 g/mol. The summed E-state index contributed by atoms with van der Waals surface area (Å²) in [6.07, 6.45) is 7.84. The van der Waals surface area contributed by atoms with Crippen molar-refractivity contribution in [1.82, 2.24) is 9.88 Å². The van der Waals surface area contributed by atoms with Crippen LogP contribution in [0, 0.1) is 0 Å². The van der Waals surface area contributed by atoms with Crippen LogP contribution in [0.4, 0.5) is 0 Å². The van der Waals surface area contributed by atoms with Gasteiger partial charge in [-0.1, -0.05) is 36.8 Å². The third-order valence-corrected chi connectivity index (χ3v) is 3.80. The molecule has 1 aliphatic heterocycles. The summed E-state index contributed by atoms with van der Waals surface area (Å²) >= 11 is 0. The molecule has 1 aromatic carbocycles. The van der Waals surface area contributed by atoms with Gasteiger partial charge in [-0.2, -0.15) is 0 Å². The van der Waals surface area contributed by atoms with E-state index >= 15 is 0 Å². The van der Waals surface area contributed by atoms with Gasteiger partial charge in [0.15, 0.2) is 0 Å². The summed E-state index contributed by atoms with van der Waals surface area (Å²) in [7, 11) is 0. The van der Waals surface area contributed by atoms with E-state index in [2.05, 4.69) is 40.2 Å². The Kier molecular flexibility index (Phi) is 7.09. The fourth-order valence-electron chi connectivity index (χ4n) is 2.71. The average Bonchev–Trinajstić information content (AvgIpc) is 2.58. The normalized spacial score (nSPS) is 14.8. The average molecular weight is 297 g/mol. The van der Waals surface area contributed by atoms with Crippen LogP contribution in [0.3, 0.4) is 0 Å². The molecule has 1 saturated heterocycles. The van der Waals surface area contributed by atoms with Gasteiger partial charge >= 0.3 is 7.69 Å². The Morgan fingerprint density at radius 3 is 2.23 bits per heavy atom. The highest BCUT2D eigenvalue weighted by molar-refractivity contribution is 6.13. The van der Waals surface area contributed by atoms with E-state index in [1.165, 1.54) is 49.0 Å². The van der Waals surface area contributed by atoms with Gasteiger partial charge in [0.25, 0.3) is 0 Å². The van der Waals surface area contributed by atoms with Gasteiger partial charge in [0.1, 0.15) is 0 Å². The maximum Gasteiger partial charge on any atom is 0.482 e. The van der Waals surface area contributed by atoms with Crippen molar-refractivity contribution in [2.24, 2.45) is 0 Å². The van der Waals surface area contributed by atoms with E-state index in [9.17, 15) is 0 Å². The van der Waals surface area contributed by atoms with Gasteiger partial charge < -0.3 is 10.0 Å². The highest BCUT2D eigenvalue weighted by Crippen LogP contribution is 2.19. The largest absolute Gasteiger partial charge is 0.482 e. The van der Waals surface area contributed by atoms with Crippen molar-refractivity contribution >= 4 is 7.69 Å². The van der Waals surface area contributed by atoms with Gasteiger partial charge in [0.05, 0.1) is 0 Å². The minimum atomic E-state index is 0. The van der Waals surface area contributed by atoms with Gasteiger partial charge in [0, 0.05) is 18.9 Å². The van der Waals surface area contributed by atoms with Gasteiger partial charge in [-0.25, -0.2) is 0 Å². The van der Waals surface area contributed by atoms with E-state index in [0.29, 0.717) is 0 Å². The van der Waals surface area contributed by atoms with Crippen LogP contribution < -0.4 is 0 Å². The van der Waals surface area contributed by atoms with Crippen molar-refractivity contribution in [2.75, 3.05) is 13.1 Å². The van der Waals surface area contributed by atoms with Gasteiger partial charge in [0.2, 0.25) is 0 Å². The number of hydrogen-bond donors (Lipinski definition) is 2. The second kappa shape index (κ2) is 9.36. The quantitative estimate of drug-likeness (QED) is 0.853. The van der Waals surface area contributed by atoms with Gasteiger partial charge in [-0.05, 0) is 48.7 Å². The summed E-state index contributed by atoms with van der Waals surface area (Å²) in [5, 5.41) is 14.0. The van der Waals surface area contributed by atoms with E-state index in [4.69, 9.17) is 10.0 Å². The van der Waals surface area contributed by atoms with Crippen LogP contribution in [0.25, 0.3) is 11.1 Å². The van der Waals surface area contributed by atoms with E-state index in [1.54, 1.807) is 0 Å². The molecule has 1 radical (unpaired) electrons. The molecule has 5 heteroatoms. The number of hydrogen-bond acceptors (Lipinski definition) is 4. The summed E-state index contributed by atoms with van der Waals surface area (Å²) in [5.74, 6) is 0. The molecule has 1 aliphatic rings. The SMILES string of the molecule is O[B]O.c1cncc(-c2ccc(CN3CCCCC3)cc2)c1. The summed E-state index contributed by atoms with van der Waals surface area (Å²) < 4.78 is 0. The topological polar surface area (TPSA) is 56.6 Å². The summed E-state index contributed by atoms with van der Waals surface area (Å²) in [6.45, 7) is 3.60. The maximum atomic E-state index is 7.00. The Bertz CT molecular complexity index is 528. The molecule has 2 aromatic rings. The Morgan fingerprint density at radius 2 is 1.64 bits per heavy atom. The molecular formula is C17H22BN2O2. The molecule has 1 aromatic heterocycles. The molecule has 2 N–H and O–H groups in total. The molecular weight excluding hydrogens is 275 g/mol. The third kappa shape index (κ3) is 5.26. The molecule has 22 heavy (non-hydrogen) atoms. The number of nitrogens with zero attached hydrogens (tertiary/aromatic N) is 2. The van der Waals surface area contributed by atoms with Gasteiger partial charge in [-0.3, -0.25) is 9.88 Å². The summed E-state index contributed by atoms with van der Waals surface area (Å²) in [4.78, 5) is 6.73. The molecule has 0 spiro atoms. The number of benzene rings is 1. The first-order valence-electron chi connectivity index (χ1n) is 7.65. The zero-order valence-corrected chi connectivity index (χ0v) is 12.7. The van der Waals surface area contributed by atoms with Crippen molar-refractivity contribution in [2.45, 2.75) is 25.8 Å².